The molecular weight excluding hydrogens is 148 g/mol. The quantitative estimate of drug-likeness (QED) is 0.580. The van der Waals surface area contributed by atoms with Gasteiger partial charge in [0.1, 0.15) is 0 Å². The second-order valence-corrected chi connectivity index (χ2v) is 7.09. The Morgan fingerprint density at radius 3 is 2.30 bits per heavy atom. The van der Waals surface area contributed by atoms with Crippen molar-refractivity contribution in [3.8, 4) is 0 Å². The summed E-state index contributed by atoms with van der Waals surface area (Å²) >= 11 is 0. The van der Waals surface area contributed by atoms with Crippen molar-refractivity contribution in [2.45, 2.75) is 26.1 Å². The topological polar surface area (TPSA) is 49.7 Å². The minimum Gasteiger partial charge on any atom is -0.430 e. The zero-order chi connectivity index (χ0) is 8.20. The van der Waals surface area contributed by atoms with Gasteiger partial charge in [0, 0.05) is 0 Å². The van der Waals surface area contributed by atoms with E-state index in [-0.39, 0.29) is 0 Å². The van der Waals surface area contributed by atoms with Gasteiger partial charge in [0.2, 0.25) is 8.32 Å². The molecule has 3 nitrogen and oxygen atoms in total. The van der Waals surface area contributed by atoms with Crippen LogP contribution >= 0.6 is 0 Å². The Labute approximate surface area is 62.8 Å². The minimum atomic E-state index is -2.06. The molecule has 0 aromatic heterocycles. The summed E-state index contributed by atoms with van der Waals surface area (Å²) in [7, 11) is -2.06. The van der Waals surface area contributed by atoms with Crippen LogP contribution in [0.3, 0.4) is 0 Å². The Morgan fingerprint density at radius 1 is 1.50 bits per heavy atom. The van der Waals surface area contributed by atoms with Gasteiger partial charge in [-0.25, -0.2) is 0 Å². The molecule has 0 radical (unpaired) electrons. The molecule has 62 valence electrons. The van der Waals surface area contributed by atoms with E-state index in [0.717, 1.165) is 0 Å². The number of hydrogen-bond donors (Lipinski definition) is 2. The molecule has 0 saturated carbocycles. The molecule has 4 heteroatoms. The van der Waals surface area contributed by atoms with Crippen molar-refractivity contribution in [1.29, 1.82) is 0 Å². The Kier molecular flexibility index (Phi) is 4.11. The Balaban J connectivity index is 3.21. The monoisotopic (exact) mass is 164 g/mol. The Morgan fingerprint density at radius 2 is 2.00 bits per heavy atom. The first-order valence-corrected chi connectivity index (χ1v) is 6.55. The molecule has 0 aliphatic heterocycles. The van der Waals surface area contributed by atoms with E-state index in [9.17, 15) is 4.80 Å². The summed E-state index contributed by atoms with van der Waals surface area (Å²) in [6.07, 6.45) is -0.0332. The van der Waals surface area contributed by atoms with Crippen molar-refractivity contribution < 1.29 is 14.6 Å². The first-order valence-electron chi connectivity index (χ1n) is 3.40. The zero-order valence-corrected chi connectivity index (χ0v) is 7.79. The van der Waals surface area contributed by atoms with Crippen LogP contribution in [0, 0.1) is 0 Å². The molecule has 0 saturated heterocycles. The van der Waals surface area contributed by atoms with Crippen molar-refractivity contribution >= 4 is 8.32 Å². The molecule has 1 unspecified atom stereocenters. The maximum absolute atomic E-state index is 9.26. The molecule has 2 N–H and O–H groups in total. The van der Waals surface area contributed by atoms with E-state index < -0.39 is 14.4 Å². The van der Waals surface area contributed by atoms with Crippen LogP contribution in [0.15, 0.2) is 0 Å². The van der Waals surface area contributed by atoms with Gasteiger partial charge in [-0.05, 0) is 20.0 Å². The standard InChI is InChI=1S/C6H16O3Si/c1-6(7)4-9-5-10(2,3)8/h6-8H,4-5H2,1-3H3. The number of aliphatic hydroxyl groups excluding tert-OH is 1. The molecule has 0 aliphatic carbocycles. The normalized spacial score (nSPS) is 15.3. The van der Waals surface area contributed by atoms with Crippen molar-refractivity contribution in [3.63, 3.8) is 0 Å². The highest BCUT2D eigenvalue weighted by Gasteiger charge is 2.16. The van der Waals surface area contributed by atoms with Crippen LogP contribution < -0.4 is 0 Å². The highest BCUT2D eigenvalue weighted by molar-refractivity contribution is 6.69. The first kappa shape index (κ1) is 10.1. The highest BCUT2D eigenvalue weighted by atomic mass is 28.4. The van der Waals surface area contributed by atoms with Crippen LogP contribution in [0.4, 0.5) is 0 Å². The second kappa shape index (κ2) is 4.08. The fraction of sp³-hybridized carbons (Fsp3) is 1.00. The van der Waals surface area contributed by atoms with E-state index >= 15 is 0 Å². The lowest BCUT2D eigenvalue weighted by Crippen LogP contribution is -2.33. The van der Waals surface area contributed by atoms with Crippen LogP contribution in [0.5, 0.6) is 0 Å². The summed E-state index contributed by atoms with van der Waals surface area (Å²) in [6.45, 7) is 5.58. The van der Waals surface area contributed by atoms with Gasteiger partial charge in [0.15, 0.2) is 0 Å². The number of hydrogen-bond acceptors (Lipinski definition) is 3. The highest BCUT2D eigenvalue weighted by Crippen LogP contribution is 1.96. The van der Waals surface area contributed by atoms with Crippen LogP contribution in [0.2, 0.25) is 13.1 Å². The molecule has 1 atom stereocenters. The molecule has 0 aliphatic rings. The fourth-order valence-corrected chi connectivity index (χ4v) is 1.10. The molecule has 0 spiro atoms. The largest absolute Gasteiger partial charge is 0.430 e. The van der Waals surface area contributed by atoms with Crippen LogP contribution in [-0.4, -0.2) is 37.2 Å². The maximum atomic E-state index is 9.26. The van der Waals surface area contributed by atoms with Crippen LogP contribution in [-0.2, 0) is 4.74 Å². The number of ether oxygens (including phenoxy) is 1. The maximum Gasteiger partial charge on any atom is 0.207 e. The third-order valence-corrected chi connectivity index (χ3v) is 1.72. The van der Waals surface area contributed by atoms with E-state index in [2.05, 4.69) is 0 Å². The van der Waals surface area contributed by atoms with Gasteiger partial charge in [-0.2, -0.15) is 0 Å². The van der Waals surface area contributed by atoms with Gasteiger partial charge >= 0.3 is 0 Å². The second-order valence-electron chi connectivity index (χ2n) is 3.18. The van der Waals surface area contributed by atoms with E-state index in [4.69, 9.17) is 9.84 Å². The number of rotatable bonds is 4. The molecule has 0 aromatic rings. The third-order valence-electron chi connectivity index (χ3n) is 0.814. The molecular formula is C6H16O3Si. The summed E-state index contributed by atoms with van der Waals surface area (Å²) < 4.78 is 5.02. The molecule has 0 amide bonds. The molecule has 10 heavy (non-hydrogen) atoms. The smallest absolute Gasteiger partial charge is 0.207 e. The molecule has 0 rings (SSSR count). The average molecular weight is 164 g/mol. The van der Waals surface area contributed by atoms with Gasteiger partial charge in [-0.3, -0.25) is 0 Å². The van der Waals surface area contributed by atoms with Gasteiger partial charge in [0.25, 0.3) is 0 Å². The molecule has 0 aromatic carbocycles. The van der Waals surface area contributed by atoms with Crippen molar-refractivity contribution in [1.82, 2.24) is 0 Å². The van der Waals surface area contributed by atoms with Crippen LogP contribution in [0.1, 0.15) is 6.92 Å². The lowest BCUT2D eigenvalue weighted by molar-refractivity contribution is 0.0617. The van der Waals surface area contributed by atoms with Gasteiger partial charge in [-0.15, -0.1) is 0 Å². The zero-order valence-electron chi connectivity index (χ0n) is 6.79. The van der Waals surface area contributed by atoms with Gasteiger partial charge < -0.3 is 14.6 Å². The van der Waals surface area contributed by atoms with E-state index in [0.29, 0.717) is 12.8 Å². The van der Waals surface area contributed by atoms with E-state index in [1.54, 1.807) is 20.0 Å². The minimum absolute atomic E-state index is 0.316. The number of aliphatic hydroxyl groups is 1. The summed E-state index contributed by atoms with van der Waals surface area (Å²) in [5.74, 6) is 0. The summed E-state index contributed by atoms with van der Waals surface area (Å²) in [4.78, 5) is 9.26. The molecule has 0 fully saturated rings. The predicted octanol–water partition coefficient (Wildman–Crippen LogP) is 0.120. The predicted molar refractivity (Wildman–Crippen MR) is 42.2 cm³/mol. The third kappa shape index (κ3) is 8.10. The van der Waals surface area contributed by atoms with Crippen LogP contribution in [0.25, 0.3) is 0 Å². The first-order chi connectivity index (χ1) is 4.42. The SMILES string of the molecule is CC(O)COC[Si](C)(C)O. The van der Waals surface area contributed by atoms with Gasteiger partial charge in [-0.1, -0.05) is 0 Å². The van der Waals surface area contributed by atoms with E-state index in [1.807, 2.05) is 0 Å². The summed E-state index contributed by atoms with van der Waals surface area (Å²) in [5, 5.41) is 8.76. The Bertz CT molecular complexity index is 87.5. The van der Waals surface area contributed by atoms with Crippen molar-refractivity contribution in [2.24, 2.45) is 0 Å². The molecule has 0 heterocycles. The summed E-state index contributed by atoms with van der Waals surface area (Å²) in [6, 6.07) is 0. The lowest BCUT2D eigenvalue weighted by atomic mass is 10.5. The average Bonchev–Trinajstić information content (AvgIpc) is 1.59. The van der Waals surface area contributed by atoms with Crippen molar-refractivity contribution in [3.05, 3.63) is 0 Å². The van der Waals surface area contributed by atoms with Gasteiger partial charge in [0.05, 0.1) is 18.9 Å². The van der Waals surface area contributed by atoms with Crippen molar-refractivity contribution in [2.75, 3.05) is 12.8 Å². The summed E-state index contributed by atoms with van der Waals surface area (Å²) in [5.41, 5.74) is 0. The fourth-order valence-electron chi connectivity index (χ4n) is 0.479. The lowest BCUT2D eigenvalue weighted by Gasteiger charge is -2.14. The Hall–Kier alpha value is 0.0969. The van der Waals surface area contributed by atoms with E-state index in [1.165, 1.54) is 0 Å². The molecule has 0 bridgehead atoms.